The highest BCUT2D eigenvalue weighted by molar-refractivity contribution is 5.88. The number of carbonyl (C=O) groups is 1. The second-order valence-corrected chi connectivity index (χ2v) is 7.06. The van der Waals surface area contributed by atoms with Gasteiger partial charge in [-0.05, 0) is 82.4 Å². The molecule has 1 aromatic carbocycles. The number of likely N-dealkylation sites (N-methyl/N-ethyl adjacent to an activating group) is 1. The highest BCUT2D eigenvalue weighted by atomic mass is 16.5. The minimum atomic E-state index is 0.0635. The van der Waals surface area contributed by atoms with Crippen LogP contribution >= 0.6 is 0 Å². The Hall–Kier alpha value is -2.55. The van der Waals surface area contributed by atoms with Gasteiger partial charge in [0.15, 0.2) is 0 Å². The van der Waals surface area contributed by atoms with Gasteiger partial charge in [-0.1, -0.05) is 36.0 Å². The molecule has 1 aromatic rings. The van der Waals surface area contributed by atoms with E-state index in [9.17, 15) is 4.79 Å². The van der Waals surface area contributed by atoms with Crippen molar-refractivity contribution in [1.29, 1.82) is 0 Å². The Bertz CT molecular complexity index is 806. The van der Waals surface area contributed by atoms with Crippen LogP contribution in [-0.2, 0) is 4.79 Å². The molecule has 0 fully saturated rings. The number of amides is 1. The Morgan fingerprint density at radius 3 is 2.25 bits per heavy atom. The molecular weight excluding hydrogens is 346 g/mol. The molecule has 0 aliphatic heterocycles. The van der Waals surface area contributed by atoms with E-state index in [1.165, 1.54) is 22.3 Å². The summed E-state index contributed by atoms with van der Waals surface area (Å²) >= 11 is 0. The monoisotopic (exact) mass is 381 g/mol. The molecule has 0 unspecified atom stereocenters. The first-order chi connectivity index (χ1) is 13.2. The van der Waals surface area contributed by atoms with Gasteiger partial charge in [-0.15, -0.1) is 0 Å². The number of allylic oxidation sites excluding steroid dienone is 6. The molecule has 1 rings (SSSR count). The van der Waals surface area contributed by atoms with Gasteiger partial charge in [-0.2, -0.15) is 0 Å². The summed E-state index contributed by atoms with van der Waals surface area (Å²) in [5, 5.41) is 0. The lowest BCUT2D eigenvalue weighted by atomic mass is 9.96. The van der Waals surface area contributed by atoms with Gasteiger partial charge in [0.05, 0.1) is 7.11 Å². The van der Waals surface area contributed by atoms with Crippen molar-refractivity contribution >= 4 is 12.0 Å². The van der Waals surface area contributed by atoms with E-state index in [-0.39, 0.29) is 5.91 Å². The minimum absolute atomic E-state index is 0.0635. The van der Waals surface area contributed by atoms with Gasteiger partial charge in [0.2, 0.25) is 5.91 Å². The van der Waals surface area contributed by atoms with Crippen molar-refractivity contribution in [3.8, 4) is 5.75 Å². The third-order valence-electron chi connectivity index (χ3n) is 4.99. The van der Waals surface area contributed by atoms with Gasteiger partial charge in [-0.3, -0.25) is 4.79 Å². The molecule has 28 heavy (non-hydrogen) atoms. The summed E-state index contributed by atoms with van der Waals surface area (Å²) in [5.74, 6) is 0.998. The SMILES string of the molecule is CCN(CC)C(=O)C=C(C)C=CC=C(C)C=Cc1c(C)cc(OC)c(C)c1C. The highest BCUT2D eigenvalue weighted by Crippen LogP contribution is 2.28. The normalized spacial score (nSPS) is 12.9. The highest BCUT2D eigenvalue weighted by Gasteiger charge is 2.08. The van der Waals surface area contributed by atoms with Crippen molar-refractivity contribution < 1.29 is 9.53 Å². The maximum Gasteiger partial charge on any atom is 0.246 e. The molecule has 0 aliphatic carbocycles. The summed E-state index contributed by atoms with van der Waals surface area (Å²) < 4.78 is 5.44. The largest absolute Gasteiger partial charge is 0.496 e. The van der Waals surface area contributed by atoms with Crippen LogP contribution in [-0.4, -0.2) is 31.0 Å². The molecule has 0 bridgehead atoms. The number of aryl methyl sites for hydroxylation is 1. The first-order valence-electron chi connectivity index (χ1n) is 9.90. The van der Waals surface area contributed by atoms with Crippen molar-refractivity contribution in [1.82, 2.24) is 4.90 Å². The summed E-state index contributed by atoms with van der Waals surface area (Å²) in [4.78, 5) is 13.9. The maximum atomic E-state index is 12.1. The number of methoxy groups -OCH3 is 1. The molecule has 152 valence electrons. The van der Waals surface area contributed by atoms with E-state index in [1.807, 2.05) is 37.8 Å². The molecule has 3 heteroatoms. The van der Waals surface area contributed by atoms with Gasteiger partial charge in [0.1, 0.15) is 5.75 Å². The van der Waals surface area contributed by atoms with E-state index >= 15 is 0 Å². The van der Waals surface area contributed by atoms with Crippen molar-refractivity contribution in [3.63, 3.8) is 0 Å². The summed E-state index contributed by atoms with van der Waals surface area (Å²) in [6.07, 6.45) is 12.0. The lowest BCUT2D eigenvalue weighted by Crippen LogP contribution is -2.28. The third kappa shape index (κ3) is 6.56. The zero-order valence-electron chi connectivity index (χ0n) is 18.7. The Balaban J connectivity index is 2.90. The third-order valence-corrected chi connectivity index (χ3v) is 4.99. The number of benzene rings is 1. The molecule has 0 saturated carbocycles. The Labute approximate surface area is 171 Å². The average molecular weight is 382 g/mol. The second-order valence-electron chi connectivity index (χ2n) is 7.06. The van der Waals surface area contributed by atoms with Gasteiger partial charge >= 0.3 is 0 Å². The number of carbonyl (C=O) groups excluding carboxylic acids is 1. The van der Waals surface area contributed by atoms with Gasteiger partial charge in [0, 0.05) is 19.2 Å². The van der Waals surface area contributed by atoms with E-state index in [0.29, 0.717) is 0 Å². The van der Waals surface area contributed by atoms with Crippen molar-refractivity contribution in [2.45, 2.75) is 48.5 Å². The summed E-state index contributed by atoms with van der Waals surface area (Å²) in [7, 11) is 1.71. The topological polar surface area (TPSA) is 29.5 Å². The first kappa shape index (κ1) is 23.5. The molecule has 0 saturated heterocycles. The summed E-state index contributed by atoms with van der Waals surface area (Å²) in [5.41, 5.74) is 6.94. The van der Waals surface area contributed by atoms with Crippen molar-refractivity contribution in [3.05, 3.63) is 69.8 Å². The predicted molar refractivity (Wildman–Crippen MR) is 121 cm³/mol. The molecule has 0 atom stereocenters. The standard InChI is InChI=1S/C25H35NO2/c1-9-26(10-2)25(27)16-19(4)13-11-12-18(3)14-15-23-20(5)17-24(28-8)22(7)21(23)6/h11-17H,9-10H2,1-8H3. The molecular formula is C25H35NO2. The van der Waals surface area contributed by atoms with Crippen LogP contribution in [0.2, 0.25) is 0 Å². The average Bonchev–Trinajstić information content (AvgIpc) is 2.65. The minimum Gasteiger partial charge on any atom is -0.496 e. The van der Waals surface area contributed by atoms with E-state index < -0.39 is 0 Å². The molecule has 1 amide bonds. The maximum absolute atomic E-state index is 12.1. The van der Waals surface area contributed by atoms with Gasteiger partial charge in [0.25, 0.3) is 0 Å². The summed E-state index contributed by atoms with van der Waals surface area (Å²) in [6.45, 7) is 15.8. The number of hydrogen-bond donors (Lipinski definition) is 0. The fourth-order valence-electron chi connectivity index (χ4n) is 3.03. The van der Waals surface area contributed by atoms with E-state index in [0.717, 1.165) is 30.0 Å². The van der Waals surface area contributed by atoms with Crippen LogP contribution in [0.1, 0.15) is 49.9 Å². The zero-order chi connectivity index (χ0) is 21.3. The van der Waals surface area contributed by atoms with Crippen LogP contribution in [0.4, 0.5) is 0 Å². The lowest BCUT2D eigenvalue weighted by Gasteiger charge is -2.16. The zero-order valence-corrected chi connectivity index (χ0v) is 18.7. The van der Waals surface area contributed by atoms with E-state index in [4.69, 9.17) is 4.74 Å². The lowest BCUT2D eigenvalue weighted by molar-refractivity contribution is -0.125. The molecule has 0 spiro atoms. The molecule has 0 radical (unpaired) electrons. The smallest absolute Gasteiger partial charge is 0.246 e. The molecule has 0 N–H and O–H groups in total. The van der Waals surface area contributed by atoms with Crippen molar-refractivity contribution in [2.24, 2.45) is 0 Å². The molecule has 0 aromatic heterocycles. The predicted octanol–water partition coefficient (Wildman–Crippen LogP) is 5.95. The Morgan fingerprint density at radius 1 is 1.04 bits per heavy atom. The van der Waals surface area contributed by atoms with E-state index in [2.05, 4.69) is 52.0 Å². The number of rotatable bonds is 8. The summed E-state index contributed by atoms with van der Waals surface area (Å²) in [6, 6.07) is 2.09. The molecule has 3 nitrogen and oxygen atoms in total. The number of hydrogen-bond acceptors (Lipinski definition) is 2. The Morgan fingerprint density at radius 2 is 1.68 bits per heavy atom. The van der Waals surface area contributed by atoms with Crippen LogP contribution in [0.25, 0.3) is 6.08 Å². The van der Waals surface area contributed by atoms with Crippen LogP contribution in [0.15, 0.2) is 47.6 Å². The van der Waals surface area contributed by atoms with Crippen molar-refractivity contribution in [2.75, 3.05) is 20.2 Å². The van der Waals surface area contributed by atoms with Crippen LogP contribution in [0.5, 0.6) is 5.75 Å². The number of nitrogens with zero attached hydrogens (tertiary/aromatic N) is 1. The van der Waals surface area contributed by atoms with E-state index in [1.54, 1.807) is 13.2 Å². The molecule has 0 heterocycles. The number of ether oxygens (including phenoxy) is 1. The van der Waals surface area contributed by atoms with Gasteiger partial charge in [-0.25, -0.2) is 0 Å². The second kappa shape index (κ2) is 11.3. The fourth-order valence-corrected chi connectivity index (χ4v) is 3.03. The Kier molecular flexibility index (Phi) is 9.50. The van der Waals surface area contributed by atoms with Crippen LogP contribution < -0.4 is 4.74 Å². The quantitative estimate of drug-likeness (QED) is 0.411. The van der Waals surface area contributed by atoms with Crippen LogP contribution in [0, 0.1) is 20.8 Å². The van der Waals surface area contributed by atoms with Gasteiger partial charge < -0.3 is 9.64 Å². The first-order valence-corrected chi connectivity index (χ1v) is 9.90. The van der Waals surface area contributed by atoms with Crippen LogP contribution in [0.3, 0.4) is 0 Å². The fraction of sp³-hybridized carbons (Fsp3) is 0.400. The molecule has 0 aliphatic rings.